The first-order valence-corrected chi connectivity index (χ1v) is 6.34. The fraction of sp³-hybridized carbons (Fsp3) is 0.667. The van der Waals surface area contributed by atoms with Crippen molar-refractivity contribution in [2.24, 2.45) is 5.92 Å². The third kappa shape index (κ3) is 3.14. The Morgan fingerprint density at radius 2 is 2.33 bits per heavy atom. The monoisotopic (exact) mass is 245 g/mol. The van der Waals surface area contributed by atoms with Crippen molar-refractivity contribution < 1.29 is 4.79 Å². The number of aryl methyl sites for hydroxylation is 1. The maximum absolute atomic E-state index is 11.4. The molecular formula is C9H12ClN3OS. The van der Waals surface area contributed by atoms with Gasteiger partial charge in [0, 0.05) is 18.2 Å². The maximum atomic E-state index is 11.4. The van der Waals surface area contributed by atoms with Crippen molar-refractivity contribution in [3.05, 3.63) is 5.01 Å². The van der Waals surface area contributed by atoms with Gasteiger partial charge in [-0.2, -0.15) is 0 Å². The van der Waals surface area contributed by atoms with Crippen molar-refractivity contribution >= 4 is 34.0 Å². The molecule has 0 saturated heterocycles. The highest BCUT2D eigenvalue weighted by Gasteiger charge is 2.30. The average molecular weight is 246 g/mol. The van der Waals surface area contributed by atoms with Gasteiger partial charge in [0.2, 0.25) is 11.0 Å². The summed E-state index contributed by atoms with van der Waals surface area (Å²) in [4.78, 5) is 11.4. The van der Waals surface area contributed by atoms with E-state index in [1.165, 1.54) is 11.3 Å². The number of carbonyl (C=O) groups excluding carboxylic acids is 1. The van der Waals surface area contributed by atoms with E-state index in [0.717, 1.165) is 30.7 Å². The van der Waals surface area contributed by atoms with Crippen molar-refractivity contribution in [3.8, 4) is 0 Å². The third-order valence-electron chi connectivity index (χ3n) is 2.17. The van der Waals surface area contributed by atoms with Crippen molar-refractivity contribution in [1.82, 2.24) is 10.2 Å². The van der Waals surface area contributed by atoms with Gasteiger partial charge >= 0.3 is 0 Å². The number of amides is 1. The predicted molar refractivity (Wildman–Crippen MR) is 60.3 cm³/mol. The first kappa shape index (κ1) is 10.8. The molecule has 1 amide bonds. The Labute approximate surface area is 97.0 Å². The molecule has 1 aromatic heterocycles. The Bertz CT molecular complexity index is 351. The quantitative estimate of drug-likeness (QED) is 0.808. The van der Waals surface area contributed by atoms with Crippen LogP contribution in [0.2, 0.25) is 0 Å². The normalized spacial score (nSPS) is 15.3. The standard InChI is InChI=1S/C9H12ClN3OS/c10-5-1-2-7-12-13-9(15-7)11-8(14)6-3-4-6/h6H,1-5H2,(H,11,13,14). The number of aromatic nitrogens is 2. The number of hydrogen-bond acceptors (Lipinski definition) is 4. The number of nitrogens with one attached hydrogen (secondary N) is 1. The Morgan fingerprint density at radius 1 is 1.53 bits per heavy atom. The zero-order valence-corrected chi connectivity index (χ0v) is 9.77. The molecule has 82 valence electrons. The Morgan fingerprint density at radius 3 is 3.00 bits per heavy atom. The molecule has 1 N–H and O–H groups in total. The second-order valence-corrected chi connectivity index (χ2v) is 5.00. The van der Waals surface area contributed by atoms with Crippen LogP contribution in [0.15, 0.2) is 0 Å². The largest absolute Gasteiger partial charge is 0.300 e. The van der Waals surface area contributed by atoms with E-state index in [9.17, 15) is 4.79 Å². The number of halogens is 1. The smallest absolute Gasteiger partial charge is 0.229 e. The van der Waals surface area contributed by atoms with Gasteiger partial charge in [0.05, 0.1) is 0 Å². The number of alkyl halides is 1. The van der Waals surface area contributed by atoms with Gasteiger partial charge in [-0.15, -0.1) is 21.8 Å². The lowest BCUT2D eigenvalue weighted by atomic mass is 10.4. The molecule has 1 aromatic rings. The molecule has 1 aliphatic rings. The third-order valence-corrected chi connectivity index (χ3v) is 3.34. The van der Waals surface area contributed by atoms with Gasteiger partial charge < -0.3 is 5.32 Å². The summed E-state index contributed by atoms with van der Waals surface area (Å²) >= 11 is 7.01. The van der Waals surface area contributed by atoms with E-state index >= 15 is 0 Å². The minimum Gasteiger partial charge on any atom is -0.300 e. The van der Waals surface area contributed by atoms with Crippen LogP contribution in [-0.2, 0) is 11.2 Å². The first-order valence-electron chi connectivity index (χ1n) is 4.99. The molecule has 0 spiro atoms. The summed E-state index contributed by atoms with van der Waals surface area (Å²) in [5, 5.41) is 12.2. The van der Waals surface area contributed by atoms with E-state index in [-0.39, 0.29) is 11.8 Å². The van der Waals surface area contributed by atoms with Gasteiger partial charge in [0.25, 0.3) is 0 Å². The van der Waals surface area contributed by atoms with Gasteiger partial charge in [-0.1, -0.05) is 11.3 Å². The van der Waals surface area contributed by atoms with Crippen LogP contribution < -0.4 is 5.32 Å². The summed E-state index contributed by atoms with van der Waals surface area (Å²) in [5.41, 5.74) is 0. The fourth-order valence-corrected chi connectivity index (χ4v) is 2.09. The topological polar surface area (TPSA) is 54.9 Å². The highest BCUT2D eigenvalue weighted by Crippen LogP contribution is 2.30. The number of rotatable bonds is 5. The molecule has 4 nitrogen and oxygen atoms in total. The molecule has 1 heterocycles. The molecule has 0 unspecified atom stereocenters. The van der Waals surface area contributed by atoms with Crippen molar-refractivity contribution in [2.45, 2.75) is 25.7 Å². The van der Waals surface area contributed by atoms with Crippen LogP contribution in [0.4, 0.5) is 5.13 Å². The lowest BCUT2D eigenvalue weighted by Crippen LogP contribution is -2.12. The van der Waals surface area contributed by atoms with Crippen LogP contribution in [0, 0.1) is 5.92 Å². The highest BCUT2D eigenvalue weighted by atomic mass is 35.5. The van der Waals surface area contributed by atoms with E-state index in [4.69, 9.17) is 11.6 Å². The van der Waals surface area contributed by atoms with Crippen LogP contribution in [0.25, 0.3) is 0 Å². The highest BCUT2D eigenvalue weighted by molar-refractivity contribution is 7.15. The number of anilines is 1. The lowest BCUT2D eigenvalue weighted by Gasteiger charge is -1.96. The second-order valence-electron chi connectivity index (χ2n) is 3.56. The van der Waals surface area contributed by atoms with E-state index in [2.05, 4.69) is 15.5 Å². The van der Waals surface area contributed by atoms with Crippen LogP contribution in [0.1, 0.15) is 24.3 Å². The summed E-state index contributed by atoms with van der Waals surface area (Å²) in [6, 6.07) is 0. The maximum Gasteiger partial charge on any atom is 0.229 e. The number of carbonyl (C=O) groups is 1. The van der Waals surface area contributed by atoms with Gasteiger partial charge in [0.1, 0.15) is 5.01 Å². The number of hydrogen-bond donors (Lipinski definition) is 1. The lowest BCUT2D eigenvalue weighted by molar-refractivity contribution is -0.117. The summed E-state index contributed by atoms with van der Waals surface area (Å²) < 4.78 is 0. The van der Waals surface area contributed by atoms with Crippen molar-refractivity contribution in [3.63, 3.8) is 0 Å². The molecule has 1 fully saturated rings. The molecule has 6 heteroatoms. The van der Waals surface area contributed by atoms with E-state index < -0.39 is 0 Å². The molecule has 2 rings (SSSR count). The van der Waals surface area contributed by atoms with Crippen molar-refractivity contribution in [1.29, 1.82) is 0 Å². The van der Waals surface area contributed by atoms with Crippen LogP contribution in [0.5, 0.6) is 0 Å². The zero-order valence-electron chi connectivity index (χ0n) is 8.20. The van der Waals surface area contributed by atoms with Crippen molar-refractivity contribution in [2.75, 3.05) is 11.2 Å². The van der Waals surface area contributed by atoms with E-state index in [1.54, 1.807) is 0 Å². The Kier molecular flexibility index (Phi) is 3.53. The van der Waals surface area contributed by atoms with E-state index in [1.807, 2.05) is 0 Å². The first-order chi connectivity index (χ1) is 7.29. The molecular weight excluding hydrogens is 234 g/mol. The van der Waals surface area contributed by atoms with Crippen LogP contribution in [0.3, 0.4) is 0 Å². The summed E-state index contributed by atoms with van der Waals surface area (Å²) in [5.74, 6) is 0.916. The fourth-order valence-electron chi connectivity index (χ4n) is 1.18. The summed E-state index contributed by atoms with van der Waals surface area (Å²) in [6.45, 7) is 0. The van der Waals surface area contributed by atoms with Gasteiger partial charge in [-0.3, -0.25) is 4.79 Å². The SMILES string of the molecule is O=C(Nc1nnc(CCCCl)s1)C1CC1. The molecule has 0 radical (unpaired) electrons. The van der Waals surface area contributed by atoms with Gasteiger partial charge in [-0.05, 0) is 19.3 Å². The average Bonchev–Trinajstić information content (AvgIpc) is 2.99. The molecule has 0 aromatic carbocycles. The molecule has 0 atom stereocenters. The molecule has 15 heavy (non-hydrogen) atoms. The molecule has 0 bridgehead atoms. The van der Waals surface area contributed by atoms with Gasteiger partial charge in [-0.25, -0.2) is 0 Å². The molecule has 1 saturated carbocycles. The van der Waals surface area contributed by atoms with Crippen LogP contribution in [-0.4, -0.2) is 22.0 Å². The van der Waals surface area contributed by atoms with E-state index in [0.29, 0.717) is 11.0 Å². The van der Waals surface area contributed by atoms with Gasteiger partial charge in [0.15, 0.2) is 0 Å². The van der Waals surface area contributed by atoms with Crippen LogP contribution >= 0.6 is 22.9 Å². The molecule has 1 aliphatic carbocycles. The molecule has 0 aliphatic heterocycles. The predicted octanol–water partition coefficient (Wildman–Crippen LogP) is 2.06. The summed E-state index contributed by atoms with van der Waals surface area (Å²) in [6.07, 6.45) is 3.74. The minimum absolute atomic E-state index is 0.0787. The Balaban J connectivity index is 1.85. The summed E-state index contributed by atoms with van der Waals surface area (Å²) in [7, 11) is 0. The second kappa shape index (κ2) is 4.90. The zero-order chi connectivity index (χ0) is 10.7. The number of nitrogens with zero attached hydrogens (tertiary/aromatic N) is 2. The minimum atomic E-state index is 0.0787. The Hall–Kier alpha value is -0.680.